The lowest BCUT2D eigenvalue weighted by Crippen LogP contribution is -2.30. The summed E-state index contributed by atoms with van der Waals surface area (Å²) in [4.78, 5) is 26.4. The number of carbonyl (C=O) groups excluding carboxylic acids is 2. The van der Waals surface area contributed by atoms with Gasteiger partial charge >= 0.3 is 0 Å². The van der Waals surface area contributed by atoms with Crippen molar-refractivity contribution in [3.8, 4) is 6.07 Å². The lowest BCUT2D eigenvalue weighted by molar-refractivity contribution is -0.117. The van der Waals surface area contributed by atoms with Crippen LogP contribution in [0, 0.1) is 31.0 Å². The van der Waals surface area contributed by atoms with Gasteiger partial charge in [-0.25, -0.2) is 4.39 Å². The van der Waals surface area contributed by atoms with Crippen LogP contribution in [0.3, 0.4) is 0 Å². The zero-order chi connectivity index (χ0) is 24.8. The SMILES string of the molecule is CNC(=O)c1ccc(CN(C)CC(=O)Nc2c(C#N)c(C)c(C)n2Cc2ccc(F)cc2)cc1. The summed E-state index contributed by atoms with van der Waals surface area (Å²) in [7, 11) is 3.41. The number of anilines is 1. The minimum Gasteiger partial charge on any atom is -0.355 e. The van der Waals surface area contributed by atoms with Crippen molar-refractivity contribution in [2.45, 2.75) is 26.9 Å². The number of amides is 2. The number of nitrogens with one attached hydrogen (secondary N) is 2. The van der Waals surface area contributed by atoms with E-state index in [1.807, 2.05) is 42.5 Å². The van der Waals surface area contributed by atoms with Crippen molar-refractivity contribution in [3.05, 3.63) is 87.9 Å². The maximum absolute atomic E-state index is 13.3. The minimum atomic E-state index is -0.318. The molecule has 0 bridgehead atoms. The van der Waals surface area contributed by atoms with E-state index in [9.17, 15) is 19.2 Å². The van der Waals surface area contributed by atoms with E-state index in [-0.39, 0.29) is 24.2 Å². The number of rotatable bonds is 8. The number of aromatic nitrogens is 1. The summed E-state index contributed by atoms with van der Waals surface area (Å²) < 4.78 is 15.2. The number of hydrogen-bond acceptors (Lipinski definition) is 4. The molecule has 1 aromatic heterocycles. The highest BCUT2D eigenvalue weighted by molar-refractivity contribution is 5.94. The molecule has 1 heterocycles. The molecule has 7 nitrogen and oxygen atoms in total. The lowest BCUT2D eigenvalue weighted by Gasteiger charge is -2.18. The van der Waals surface area contributed by atoms with E-state index >= 15 is 0 Å². The third-order valence-corrected chi connectivity index (χ3v) is 5.76. The van der Waals surface area contributed by atoms with Gasteiger partial charge in [-0.3, -0.25) is 14.5 Å². The average molecular weight is 462 g/mol. The summed E-state index contributed by atoms with van der Waals surface area (Å²) in [5, 5.41) is 15.2. The van der Waals surface area contributed by atoms with Gasteiger partial charge in [0.1, 0.15) is 17.7 Å². The van der Waals surface area contributed by atoms with Crippen LogP contribution in [0.5, 0.6) is 0 Å². The standard InChI is InChI=1S/C26H28FN5O2/c1-17-18(2)32(15-20-7-11-22(27)12-8-20)25(23(17)13-28)30-24(33)16-31(4)14-19-5-9-21(10-6-19)26(34)29-3/h5-12H,14-16H2,1-4H3,(H,29,34)(H,30,33). The number of benzene rings is 2. The molecule has 0 unspecified atom stereocenters. The van der Waals surface area contributed by atoms with Crippen molar-refractivity contribution in [3.63, 3.8) is 0 Å². The maximum Gasteiger partial charge on any atom is 0.251 e. The number of hydrogen-bond donors (Lipinski definition) is 2. The summed E-state index contributed by atoms with van der Waals surface area (Å²) in [6.07, 6.45) is 0. The van der Waals surface area contributed by atoms with Gasteiger partial charge in [0.25, 0.3) is 5.91 Å². The smallest absolute Gasteiger partial charge is 0.251 e. The molecule has 0 aliphatic rings. The highest BCUT2D eigenvalue weighted by Crippen LogP contribution is 2.27. The Hall–Kier alpha value is -3.96. The molecule has 0 radical (unpaired) electrons. The van der Waals surface area contributed by atoms with Gasteiger partial charge in [0.2, 0.25) is 5.91 Å². The third-order valence-electron chi connectivity index (χ3n) is 5.76. The Morgan fingerprint density at radius 3 is 2.26 bits per heavy atom. The molecule has 2 amide bonds. The van der Waals surface area contributed by atoms with E-state index in [0.29, 0.717) is 30.0 Å². The van der Waals surface area contributed by atoms with Crippen LogP contribution >= 0.6 is 0 Å². The molecule has 3 rings (SSSR count). The van der Waals surface area contributed by atoms with Crippen LogP contribution in [-0.4, -0.2) is 41.9 Å². The van der Waals surface area contributed by atoms with Gasteiger partial charge in [0, 0.05) is 31.4 Å². The van der Waals surface area contributed by atoms with Crippen molar-refractivity contribution >= 4 is 17.6 Å². The van der Waals surface area contributed by atoms with E-state index < -0.39 is 0 Å². The first-order valence-corrected chi connectivity index (χ1v) is 10.9. The van der Waals surface area contributed by atoms with Crippen molar-refractivity contribution in [2.24, 2.45) is 0 Å². The molecule has 8 heteroatoms. The topological polar surface area (TPSA) is 90.2 Å². The molecule has 2 aromatic carbocycles. The van der Waals surface area contributed by atoms with Gasteiger partial charge in [-0.2, -0.15) is 5.26 Å². The normalized spacial score (nSPS) is 10.7. The Morgan fingerprint density at radius 1 is 1.06 bits per heavy atom. The second-order valence-corrected chi connectivity index (χ2v) is 8.25. The Kier molecular flexibility index (Phi) is 7.82. The quantitative estimate of drug-likeness (QED) is 0.536. The molecule has 0 spiro atoms. The van der Waals surface area contributed by atoms with Crippen molar-refractivity contribution in [1.82, 2.24) is 14.8 Å². The summed E-state index contributed by atoms with van der Waals surface area (Å²) in [6.45, 7) is 4.77. The fourth-order valence-corrected chi connectivity index (χ4v) is 3.79. The first-order valence-electron chi connectivity index (χ1n) is 10.9. The van der Waals surface area contributed by atoms with Gasteiger partial charge in [0.05, 0.1) is 12.1 Å². The molecule has 0 saturated carbocycles. The van der Waals surface area contributed by atoms with Crippen LogP contribution in [0.15, 0.2) is 48.5 Å². The first kappa shape index (κ1) is 24.7. The van der Waals surface area contributed by atoms with Gasteiger partial charge in [-0.15, -0.1) is 0 Å². The van der Waals surface area contributed by atoms with Gasteiger partial charge in [-0.1, -0.05) is 24.3 Å². The molecular formula is C26H28FN5O2. The van der Waals surface area contributed by atoms with E-state index in [1.165, 1.54) is 12.1 Å². The molecule has 0 aliphatic carbocycles. The van der Waals surface area contributed by atoms with Gasteiger partial charge in [-0.05, 0) is 61.9 Å². The highest BCUT2D eigenvalue weighted by atomic mass is 19.1. The lowest BCUT2D eigenvalue weighted by atomic mass is 10.1. The van der Waals surface area contributed by atoms with Crippen molar-refractivity contribution in [2.75, 3.05) is 26.0 Å². The van der Waals surface area contributed by atoms with Crippen molar-refractivity contribution < 1.29 is 14.0 Å². The fourth-order valence-electron chi connectivity index (χ4n) is 3.79. The third kappa shape index (κ3) is 5.69. The highest BCUT2D eigenvalue weighted by Gasteiger charge is 2.20. The van der Waals surface area contributed by atoms with E-state index in [2.05, 4.69) is 16.7 Å². The Labute approximate surface area is 198 Å². The second kappa shape index (κ2) is 10.8. The molecule has 34 heavy (non-hydrogen) atoms. The number of likely N-dealkylation sites (N-methyl/N-ethyl adjacent to an activating group) is 1. The molecule has 0 atom stereocenters. The predicted molar refractivity (Wildman–Crippen MR) is 129 cm³/mol. The number of nitriles is 1. The summed E-state index contributed by atoms with van der Waals surface area (Å²) in [5.74, 6) is -0.280. The largest absolute Gasteiger partial charge is 0.355 e. The van der Waals surface area contributed by atoms with Crippen molar-refractivity contribution in [1.29, 1.82) is 5.26 Å². The van der Waals surface area contributed by atoms with Crippen LogP contribution in [-0.2, 0) is 17.9 Å². The first-order chi connectivity index (χ1) is 16.2. The number of carbonyl (C=O) groups is 2. The monoisotopic (exact) mass is 461 g/mol. The zero-order valence-electron chi connectivity index (χ0n) is 19.8. The predicted octanol–water partition coefficient (Wildman–Crippen LogP) is 3.59. The van der Waals surface area contributed by atoms with Crippen LogP contribution in [0.25, 0.3) is 0 Å². The molecule has 176 valence electrons. The summed E-state index contributed by atoms with van der Waals surface area (Å²) >= 11 is 0. The Bertz CT molecular complexity index is 1220. The number of halogens is 1. The average Bonchev–Trinajstić information content (AvgIpc) is 3.03. The Morgan fingerprint density at radius 2 is 1.68 bits per heavy atom. The molecule has 2 N–H and O–H groups in total. The fraction of sp³-hybridized carbons (Fsp3) is 0.269. The summed E-state index contributed by atoms with van der Waals surface area (Å²) in [5.41, 5.74) is 4.47. The second-order valence-electron chi connectivity index (χ2n) is 8.25. The number of nitrogens with zero attached hydrogens (tertiary/aromatic N) is 3. The molecule has 0 saturated heterocycles. The summed E-state index contributed by atoms with van der Waals surface area (Å²) in [6, 6.07) is 15.5. The van der Waals surface area contributed by atoms with E-state index in [0.717, 1.165) is 22.4 Å². The molecule has 3 aromatic rings. The van der Waals surface area contributed by atoms with Crippen LogP contribution in [0.2, 0.25) is 0 Å². The van der Waals surface area contributed by atoms with Gasteiger partial charge in [0.15, 0.2) is 0 Å². The van der Waals surface area contributed by atoms with E-state index in [1.54, 1.807) is 31.3 Å². The molecular weight excluding hydrogens is 433 g/mol. The minimum absolute atomic E-state index is 0.113. The Balaban J connectivity index is 1.72. The van der Waals surface area contributed by atoms with Crippen LogP contribution in [0.1, 0.15) is 38.3 Å². The maximum atomic E-state index is 13.3. The van der Waals surface area contributed by atoms with Gasteiger partial charge < -0.3 is 15.2 Å². The van der Waals surface area contributed by atoms with Crippen LogP contribution in [0.4, 0.5) is 10.2 Å². The zero-order valence-corrected chi connectivity index (χ0v) is 19.8. The van der Waals surface area contributed by atoms with E-state index in [4.69, 9.17) is 0 Å². The molecule has 0 aliphatic heterocycles. The molecule has 0 fully saturated rings. The van der Waals surface area contributed by atoms with Crippen LogP contribution < -0.4 is 10.6 Å².